The first-order chi connectivity index (χ1) is 19.2. The highest BCUT2D eigenvalue weighted by molar-refractivity contribution is 6.32. The van der Waals surface area contributed by atoms with Gasteiger partial charge < -0.3 is 14.2 Å². The number of fused-ring (bicyclic) bond motifs is 3. The topological polar surface area (TPSA) is 91.0 Å². The first-order valence-corrected chi connectivity index (χ1v) is 13.0. The van der Waals surface area contributed by atoms with Crippen LogP contribution in [0.25, 0.3) is 33.3 Å². The van der Waals surface area contributed by atoms with E-state index >= 15 is 4.39 Å². The maximum Gasteiger partial charge on any atom is 0.246 e. The second-order valence-electron chi connectivity index (χ2n) is 10.4. The maximum atomic E-state index is 15.5. The van der Waals surface area contributed by atoms with E-state index in [0.717, 1.165) is 18.9 Å². The lowest BCUT2D eigenvalue weighted by Gasteiger charge is -2.37. The number of hydrogen-bond acceptors (Lipinski definition) is 6. The van der Waals surface area contributed by atoms with Crippen molar-refractivity contribution in [2.24, 2.45) is 7.05 Å². The molecule has 1 aliphatic carbocycles. The zero-order chi connectivity index (χ0) is 27.9. The lowest BCUT2D eigenvalue weighted by molar-refractivity contribution is -0.126. The average Bonchev–Trinajstić information content (AvgIpc) is 3.66. The smallest absolute Gasteiger partial charge is 0.246 e. The minimum absolute atomic E-state index is 0.0146. The van der Waals surface area contributed by atoms with Crippen LogP contribution >= 0.6 is 11.6 Å². The van der Waals surface area contributed by atoms with Crippen molar-refractivity contribution in [3.63, 3.8) is 0 Å². The first kappa shape index (κ1) is 24.6. The van der Waals surface area contributed by atoms with Crippen LogP contribution < -0.4 is 4.74 Å². The summed E-state index contributed by atoms with van der Waals surface area (Å²) in [7, 11) is 1.68. The third-order valence-electron chi connectivity index (χ3n) is 7.93. The van der Waals surface area contributed by atoms with Gasteiger partial charge in [-0.1, -0.05) is 18.2 Å². The van der Waals surface area contributed by atoms with Gasteiger partial charge in [0.25, 0.3) is 0 Å². The van der Waals surface area contributed by atoms with E-state index in [1.54, 1.807) is 17.7 Å². The Balaban J connectivity index is 1.29. The van der Waals surface area contributed by atoms with Crippen molar-refractivity contribution >= 4 is 39.6 Å². The van der Waals surface area contributed by atoms with Gasteiger partial charge in [0.15, 0.2) is 23.0 Å². The van der Waals surface area contributed by atoms with E-state index in [-0.39, 0.29) is 28.5 Å². The van der Waals surface area contributed by atoms with Crippen molar-refractivity contribution in [1.82, 2.24) is 34.2 Å². The molecule has 5 heterocycles. The number of halogens is 3. The van der Waals surface area contributed by atoms with Gasteiger partial charge in [0, 0.05) is 37.3 Å². The SMILES string of the molecule is C=CC(=O)N1CC2(n3nc(-c4cc(F)c(Oc5cc(F)c6c(c5)ncn6C)c(Cl)c4)c4c(C)ncnc43)CC1C2. The van der Waals surface area contributed by atoms with E-state index < -0.39 is 17.2 Å². The number of aromatic nitrogens is 6. The molecule has 40 heavy (non-hydrogen) atoms. The van der Waals surface area contributed by atoms with Crippen LogP contribution in [0.2, 0.25) is 5.02 Å². The predicted molar refractivity (Wildman–Crippen MR) is 144 cm³/mol. The second-order valence-corrected chi connectivity index (χ2v) is 10.8. The number of rotatable bonds is 5. The zero-order valence-corrected chi connectivity index (χ0v) is 22.3. The number of aryl methyl sites for hydroxylation is 2. The summed E-state index contributed by atoms with van der Waals surface area (Å²) in [5, 5.41) is 5.55. The molecular weight excluding hydrogens is 540 g/mol. The van der Waals surface area contributed by atoms with Crippen LogP contribution in [-0.2, 0) is 17.4 Å². The molecule has 3 fully saturated rings. The van der Waals surface area contributed by atoms with Gasteiger partial charge in [0.2, 0.25) is 5.91 Å². The van der Waals surface area contributed by atoms with E-state index in [1.165, 1.54) is 30.9 Å². The van der Waals surface area contributed by atoms with Gasteiger partial charge in [-0.2, -0.15) is 5.10 Å². The van der Waals surface area contributed by atoms with Crippen molar-refractivity contribution in [3.8, 4) is 22.8 Å². The molecule has 0 atom stereocenters. The number of amides is 1. The van der Waals surface area contributed by atoms with Gasteiger partial charge in [0.1, 0.15) is 23.3 Å². The summed E-state index contributed by atoms with van der Waals surface area (Å²) < 4.78 is 39.3. The molecule has 0 N–H and O–H groups in total. The maximum absolute atomic E-state index is 15.5. The minimum atomic E-state index is -0.744. The molecule has 1 amide bonds. The third kappa shape index (κ3) is 3.46. The van der Waals surface area contributed by atoms with E-state index in [9.17, 15) is 9.18 Å². The van der Waals surface area contributed by atoms with E-state index in [1.807, 2.05) is 16.5 Å². The lowest BCUT2D eigenvalue weighted by atomic mass is 9.78. The minimum Gasteiger partial charge on any atom is -0.453 e. The van der Waals surface area contributed by atoms with Crippen LogP contribution in [0.15, 0.2) is 49.6 Å². The van der Waals surface area contributed by atoms with Gasteiger partial charge in [-0.05, 0) is 38.0 Å². The van der Waals surface area contributed by atoms with Gasteiger partial charge >= 0.3 is 0 Å². The second kappa shape index (κ2) is 8.56. The number of ether oxygens (including phenoxy) is 1. The Morgan fingerprint density at radius 3 is 2.73 bits per heavy atom. The van der Waals surface area contributed by atoms with Crippen LogP contribution in [0.5, 0.6) is 11.5 Å². The van der Waals surface area contributed by atoms with Crippen molar-refractivity contribution in [1.29, 1.82) is 0 Å². The Kier molecular flexibility index (Phi) is 5.27. The van der Waals surface area contributed by atoms with Crippen LogP contribution in [0, 0.1) is 18.6 Å². The Morgan fingerprint density at radius 1 is 1.18 bits per heavy atom. The standard InChI is InChI=1S/C28H22ClF2N7O2/c1-4-22(39)37-11-28(9-16(37)10-28)38-27-23(14(2)32-12-33-27)24(35-38)15-5-18(29)26(20(31)6-15)40-17-7-19(30)25-21(8-17)34-13-36(25)3/h4-8,12-13,16H,1,9-11H2,2-3H3. The molecule has 3 aliphatic rings. The van der Waals surface area contributed by atoms with Crippen LogP contribution in [0.3, 0.4) is 0 Å². The fraction of sp³-hybridized carbons (Fsp3) is 0.250. The molecule has 3 aromatic heterocycles. The number of benzene rings is 2. The van der Waals surface area contributed by atoms with Crippen molar-refractivity contribution in [2.45, 2.75) is 31.3 Å². The fourth-order valence-corrected chi connectivity index (χ4v) is 6.29. The van der Waals surface area contributed by atoms with Crippen LogP contribution in [0.1, 0.15) is 18.5 Å². The van der Waals surface area contributed by atoms with Crippen LogP contribution in [-0.4, -0.2) is 52.7 Å². The molecule has 0 unspecified atom stereocenters. The summed E-state index contributed by atoms with van der Waals surface area (Å²) >= 11 is 6.53. The summed E-state index contributed by atoms with van der Waals surface area (Å²) in [5.74, 6) is -1.59. The van der Waals surface area contributed by atoms with Crippen molar-refractivity contribution in [3.05, 3.63) is 71.9 Å². The summed E-state index contributed by atoms with van der Waals surface area (Å²) in [4.78, 5) is 27.2. The quantitative estimate of drug-likeness (QED) is 0.271. The van der Waals surface area contributed by atoms with Gasteiger partial charge in [-0.25, -0.2) is 28.4 Å². The highest BCUT2D eigenvalue weighted by Crippen LogP contribution is 2.51. The molecule has 0 radical (unpaired) electrons. The Bertz CT molecular complexity index is 1870. The number of imidazole rings is 1. The first-order valence-electron chi connectivity index (χ1n) is 12.6. The molecule has 8 rings (SSSR count). The number of hydrogen-bond donors (Lipinski definition) is 0. The molecule has 0 spiro atoms. The molecule has 2 bridgehead atoms. The Morgan fingerprint density at radius 2 is 1.98 bits per heavy atom. The number of carbonyl (C=O) groups is 1. The lowest BCUT2D eigenvalue weighted by Crippen LogP contribution is -2.44. The highest BCUT2D eigenvalue weighted by atomic mass is 35.5. The molecule has 2 aromatic carbocycles. The summed E-state index contributed by atoms with van der Waals surface area (Å²) in [5.41, 5.74) is 2.42. The normalized spacial score (nSPS) is 19.8. The molecule has 5 aromatic rings. The van der Waals surface area contributed by atoms with Gasteiger partial charge in [-0.3, -0.25) is 4.79 Å². The molecule has 2 saturated heterocycles. The number of nitrogens with zero attached hydrogens (tertiary/aromatic N) is 7. The average molecular weight is 562 g/mol. The van der Waals surface area contributed by atoms with Crippen LogP contribution in [0.4, 0.5) is 8.78 Å². The van der Waals surface area contributed by atoms with Crippen molar-refractivity contribution < 1.29 is 18.3 Å². The summed E-state index contributed by atoms with van der Waals surface area (Å²) in [6.45, 7) is 5.93. The monoisotopic (exact) mass is 561 g/mol. The molecule has 9 nitrogen and oxygen atoms in total. The van der Waals surface area contributed by atoms with E-state index in [2.05, 4.69) is 21.5 Å². The third-order valence-corrected chi connectivity index (χ3v) is 8.21. The molecule has 1 saturated carbocycles. The Labute approximate surface area is 231 Å². The predicted octanol–water partition coefficient (Wildman–Crippen LogP) is 5.30. The highest BCUT2D eigenvalue weighted by Gasteiger charge is 2.59. The summed E-state index contributed by atoms with van der Waals surface area (Å²) in [6.07, 6.45) is 5.76. The van der Waals surface area contributed by atoms with E-state index in [0.29, 0.717) is 45.6 Å². The molecular formula is C28H22ClF2N7O2. The fourth-order valence-electron chi connectivity index (χ4n) is 6.04. The molecule has 2 aliphatic heterocycles. The van der Waals surface area contributed by atoms with Crippen molar-refractivity contribution in [2.75, 3.05) is 6.54 Å². The van der Waals surface area contributed by atoms with Gasteiger partial charge in [0.05, 0.1) is 33.5 Å². The largest absolute Gasteiger partial charge is 0.453 e. The Hall–Kier alpha value is -4.38. The molecule has 12 heteroatoms. The summed E-state index contributed by atoms with van der Waals surface area (Å²) in [6, 6.07) is 5.63. The number of carbonyl (C=O) groups excluding carboxylic acids is 1. The van der Waals surface area contributed by atoms with Gasteiger partial charge in [-0.15, -0.1) is 0 Å². The molecule has 202 valence electrons. The van der Waals surface area contributed by atoms with E-state index in [4.69, 9.17) is 21.4 Å². The zero-order valence-electron chi connectivity index (χ0n) is 21.5.